The van der Waals surface area contributed by atoms with Crippen molar-refractivity contribution in [3.8, 4) is 11.8 Å². The van der Waals surface area contributed by atoms with E-state index in [0.717, 1.165) is 6.42 Å². The normalized spacial score (nSPS) is 11.8. The van der Waals surface area contributed by atoms with Crippen LogP contribution < -0.4 is 5.32 Å². The van der Waals surface area contributed by atoms with E-state index in [9.17, 15) is 0 Å². The van der Waals surface area contributed by atoms with Crippen molar-refractivity contribution in [3.63, 3.8) is 0 Å². The molecule has 1 atom stereocenters. The molecule has 0 bridgehead atoms. The van der Waals surface area contributed by atoms with E-state index in [1.54, 1.807) is 11.3 Å². The van der Waals surface area contributed by atoms with E-state index in [-0.39, 0.29) is 0 Å². The second-order valence-corrected chi connectivity index (χ2v) is 3.29. The molecule has 0 aliphatic rings. The van der Waals surface area contributed by atoms with Crippen molar-refractivity contribution >= 4 is 11.3 Å². The number of nitrogens with one attached hydrogen (secondary N) is 1. The van der Waals surface area contributed by atoms with Crippen molar-refractivity contribution in [1.29, 1.82) is 0 Å². The molecule has 1 N–H and O–H groups in total. The Balaban J connectivity index is 2.61. The van der Waals surface area contributed by atoms with E-state index >= 15 is 0 Å². The van der Waals surface area contributed by atoms with Crippen LogP contribution in [0.15, 0.2) is 11.7 Å². The summed E-state index contributed by atoms with van der Waals surface area (Å²) in [6.45, 7) is 1.86. The molecule has 0 aromatic carbocycles. The lowest BCUT2D eigenvalue weighted by Gasteiger charge is -2.08. The molecule has 2 nitrogen and oxygen atoms in total. The molecule has 1 aromatic rings. The summed E-state index contributed by atoms with van der Waals surface area (Å²) in [5.74, 6) is 5.94. The van der Waals surface area contributed by atoms with Gasteiger partial charge < -0.3 is 5.32 Å². The van der Waals surface area contributed by atoms with Crippen LogP contribution in [0, 0.1) is 11.8 Å². The molecule has 3 heteroatoms. The van der Waals surface area contributed by atoms with Gasteiger partial charge in [-0.2, -0.15) is 0 Å². The molecule has 0 saturated heterocycles. The highest BCUT2D eigenvalue weighted by Crippen LogP contribution is 2.18. The summed E-state index contributed by atoms with van der Waals surface area (Å²) in [4.78, 5) is 5.28. The van der Waals surface area contributed by atoms with E-state index in [0.29, 0.717) is 6.04 Å². The van der Waals surface area contributed by atoms with Crippen molar-refractivity contribution in [2.45, 2.75) is 19.4 Å². The van der Waals surface area contributed by atoms with Gasteiger partial charge in [-0.15, -0.1) is 23.2 Å². The van der Waals surface area contributed by atoms with E-state index in [4.69, 9.17) is 0 Å². The van der Waals surface area contributed by atoms with Gasteiger partial charge in [0.1, 0.15) is 0 Å². The summed E-state index contributed by atoms with van der Waals surface area (Å²) in [6, 6.07) is 0.338. The third-order valence-corrected chi connectivity index (χ3v) is 2.52. The van der Waals surface area contributed by atoms with Crippen molar-refractivity contribution in [3.05, 3.63) is 16.6 Å². The fraction of sp³-hybridized carbons (Fsp3) is 0.444. The molecule has 0 radical (unpaired) electrons. The van der Waals surface area contributed by atoms with Gasteiger partial charge in [-0.3, -0.25) is 4.98 Å². The molecule has 1 rings (SSSR count). The monoisotopic (exact) mass is 180 g/mol. The van der Waals surface area contributed by atoms with Crippen LogP contribution in [0.5, 0.6) is 0 Å². The van der Waals surface area contributed by atoms with Gasteiger partial charge in [0.25, 0.3) is 0 Å². The zero-order chi connectivity index (χ0) is 8.81. The average molecular weight is 180 g/mol. The summed E-state index contributed by atoms with van der Waals surface area (Å²) >= 11 is 1.66. The summed E-state index contributed by atoms with van der Waals surface area (Å²) in [7, 11) is 1.95. The van der Waals surface area contributed by atoms with E-state index in [2.05, 4.69) is 22.1 Å². The smallest absolute Gasteiger partial charge is 0.0794 e. The molecule has 0 aliphatic heterocycles. The summed E-state index contributed by atoms with van der Waals surface area (Å²) < 4.78 is 0. The molecule has 0 spiro atoms. The van der Waals surface area contributed by atoms with Crippen LogP contribution in [0.2, 0.25) is 0 Å². The lowest BCUT2D eigenvalue weighted by Crippen LogP contribution is -2.14. The molecule has 12 heavy (non-hydrogen) atoms. The predicted molar refractivity (Wildman–Crippen MR) is 52.0 cm³/mol. The van der Waals surface area contributed by atoms with Crippen molar-refractivity contribution in [1.82, 2.24) is 10.3 Å². The van der Waals surface area contributed by atoms with Crippen LogP contribution in [0.25, 0.3) is 0 Å². The molecule has 1 unspecified atom stereocenters. The van der Waals surface area contributed by atoms with Crippen LogP contribution in [0.1, 0.15) is 24.3 Å². The van der Waals surface area contributed by atoms with E-state index in [1.165, 1.54) is 4.88 Å². The Hall–Kier alpha value is -0.850. The molecular formula is C9H12N2S. The molecule has 0 amide bonds. The van der Waals surface area contributed by atoms with Crippen LogP contribution >= 0.6 is 11.3 Å². The Labute approximate surface area is 77.0 Å². The quantitative estimate of drug-likeness (QED) is 0.718. The van der Waals surface area contributed by atoms with Gasteiger partial charge in [0.2, 0.25) is 0 Å². The fourth-order valence-electron chi connectivity index (χ4n) is 0.947. The third kappa shape index (κ3) is 2.33. The minimum absolute atomic E-state index is 0.338. The van der Waals surface area contributed by atoms with Crippen molar-refractivity contribution in [2.24, 2.45) is 0 Å². The molecule has 64 valence electrons. The molecule has 1 heterocycles. The van der Waals surface area contributed by atoms with Gasteiger partial charge in [-0.1, -0.05) is 0 Å². The molecular weight excluding hydrogens is 168 g/mol. The third-order valence-electron chi connectivity index (χ3n) is 1.63. The minimum atomic E-state index is 0.338. The Kier molecular flexibility index (Phi) is 3.78. The first-order valence-corrected chi connectivity index (χ1v) is 4.71. The molecule has 1 aromatic heterocycles. The number of rotatable bonds is 3. The van der Waals surface area contributed by atoms with Gasteiger partial charge >= 0.3 is 0 Å². The van der Waals surface area contributed by atoms with Gasteiger partial charge in [0, 0.05) is 17.5 Å². The van der Waals surface area contributed by atoms with E-state index < -0.39 is 0 Å². The number of hydrogen-bond donors (Lipinski definition) is 1. The Bertz CT molecular complexity index is 268. The van der Waals surface area contributed by atoms with Crippen LogP contribution in [-0.2, 0) is 0 Å². The average Bonchev–Trinajstić information content (AvgIpc) is 2.59. The summed E-state index contributed by atoms with van der Waals surface area (Å²) in [5, 5.41) is 3.21. The van der Waals surface area contributed by atoms with Gasteiger partial charge in [-0.05, 0) is 14.0 Å². The first-order chi connectivity index (χ1) is 5.88. The number of aromatic nitrogens is 1. The van der Waals surface area contributed by atoms with Crippen LogP contribution in [-0.4, -0.2) is 12.0 Å². The van der Waals surface area contributed by atoms with Gasteiger partial charge in [-0.25, -0.2) is 0 Å². The first-order valence-electron chi connectivity index (χ1n) is 3.83. The number of thiazole rings is 1. The maximum Gasteiger partial charge on any atom is 0.0794 e. The molecule has 0 aliphatic carbocycles. The second kappa shape index (κ2) is 4.91. The Morgan fingerprint density at radius 1 is 1.75 bits per heavy atom. The largest absolute Gasteiger partial charge is 0.311 e. The topological polar surface area (TPSA) is 24.9 Å². The molecule has 0 fully saturated rings. The maximum absolute atomic E-state index is 4.03. The Morgan fingerprint density at radius 2 is 2.58 bits per heavy atom. The lowest BCUT2D eigenvalue weighted by atomic mass is 10.2. The lowest BCUT2D eigenvalue weighted by molar-refractivity contribution is 0.621. The second-order valence-electron chi connectivity index (χ2n) is 2.38. The highest BCUT2D eigenvalue weighted by molar-refractivity contribution is 7.09. The highest BCUT2D eigenvalue weighted by atomic mass is 32.1. The van der Waals surface area contributed by atoms with Gasteiger partial charge in [0.05, 0.1) is 11.6 Å². The number of hydrogen-bond acceptors (Lipinski definition) is 3. The summed E-state index contributed by atoms with van der Waals surface area (Å²) in [5.41, 5.74) is 1.85. The number of nitrogens with zero attached hydrogens (tertiary/aromatic N) is 1. The first kappa shape index (κ1) is 9.24. The predicted octanol–water partition coefficient (Wildman–Crippen LogP) is 1.82. The fourth-order valence-corrected chi connectivity index (χ4v) is 1.68. The van der Waals surface area contributed by atoms with Crippen LogP contribution in [0.4, 0.5) is 0 Å². The van der Waals surface area contributed by atoms with Gasteiger partial charge in [0.15, 0.2) is 0 Å². The molecule has 0 saturated carbocycles. The Morgan fingerprint density at radius 3 is 3.08 bits per heavy atom. The standard InChI is InChI=1S/C9H12N2S/c1-3-4-5-8(10-2)9-6-11-7-12-9/h6-8,10H,5H2,1-2H3. The van der Waals surface area contributed by atoms with E-state index in [1.807, 2.05) is 25.7 Å². The SMILES string of the molecule is CC#CCC(NC)c1cncs1. The van der Waals surface area contributed by atoms with Crippen molar-refractivity contribution in [2.75, 3.05) is 7.05 Å². The zero-order valence-corrected chi connectivity index (χ0v) is 8.11. The maximum atomic E-state index is 4.03. The summed E-state index contributed by atoms with van der Waals surface area (Å²) in [6.07, 6.45) is 2.75. The minimum Gasteiger partial charge on any atom is -0.311 e. The highest BCUT2D eigenvalue weighted by Gasteiger charge is 2.07. The zero-order valence-electron chi connectivity index (χ0n) is 7.29. The van der Waals surface area contributed by atoms with Crippen molar-refractivity contribution < 1.29 is 0 Å². The van der Waals surface area contributed by atoms with Crippen LogP contribution in [0.3, 0.4) is 0 Å².